The van der Waals surface area contributed by atoms with Crippen LogP contribution in [0.2, 0.25) is 0 Å². The minimum absolute atomic E-state index is 0.107. The van der Waals surface area contributed by atoms with Crippen LogP contribution in [0, 0.1) is 6.92 Å². The van der Waals surface area contributed by atoms with Crippen molar-refractivity contribution in [1.29, 1.82) is 0 Å². The van der Waals surface area contributed by atoms with Crippen molar-refractivity contribution in [3.05, 3.63) is 23.9 Å². The number of hydrogen-bond donors (Lipinski definition) is 1. The molecule has 0 spiro atoms. The van der Waals surface area contributed by atoms with E-state index in [1.54, 1.807) is 6.20 Å². The molecular formula is C11H17N5. The van der Waals surface area contributed by atoms with E-state index in [9.17, 15) is 0 Å². The van der Waals surface area contributed by atoms with Crippen molar-refractivity contribution in [3.8, 4) is 0 Å². The standard InChI is InChI=1S/C11H17N5/c1-4-9(12)7(2)10-11-15-14-8(3)16(11)6-5-13-10/h5-7,9H,4,12H2,1-3H3. The predicted molar refractivity (Wildman–Crippen MR) is 62.2 cm³/mol. The molecule has 16 heavy (non-hydrogen) atoms. The summed E-state index contributed by atoms with van der Waals surface area (Å²) in [5.74, 6) is 1.06. The highest BCUT2D eigenvalue weighted by atomic mass is 15.2. The van der Waals surface area contributed by atoms with Crippen LogP contribution in [0.15, 0.2) is 12.4 Å². The van der Waals surface area contributed by atoms with Gasteiger partial charge in [-0.3, -0.25) is 9.38 Å². The Bertz CT molecular complexity index is 490. The quantitative estimate of drug-likeness (QED) is 0.844. The summed E-state index contributed by atoms with van der Waals surface area (Å²) in [6, 6.07) is 0.107. The van der Waals surface area contributed by atoms with Gasteiger partial charge in [0.25, 0.3) is 0 Å². The Labute approximate surface area is 94.7 Å². The summed E-state index contributed by atoms with van der Waals surface area (Å²) in [6.07, 6.45) is 4.58. The molecule has 2 rings (SSSR count). The Hall–Kier alpha value is -1.49. The van der Waals surface area contributed by atoms with Gasteiger partial charge in [-0.15, -0.1) is 10.2 Å². The van der Waals surface area contributed by atoms with Gasteiger partial charge >= 0.3 is 0 Å². The molecule has 5 nitrogen and oxygen atoms in total. The molecule has 0 bridgehead atoms. The van der Waals surface area contributed by atoms with Crippen molar-refractivity contribution in [2.24, 2.45) is 5.73 Å². The maximum atomic E-state index is 6.05. The monoisotopic (exact) mass is 219 g/mol. The van der Waals surface area contributed by atoms with E-state index in [0.29, 0.717) is 0 Å². The fourth-order valence-electron chi connectivity index (χ4n) is 1.84. The van der Waals surface area contributed by atoms with E-state index in [0.717, 1.165) is 23.6 Å². The first-order valence-corrected chi connectivity index (χ1v) is 5.57. The van der Waals surface area contributed by atoms with Crippen molar-refractivity contribution in [2.45, 2.75) is 39.2 Å². The normalized spacial score (nSPS) is 15.2. The van der Waals surface area contributed by atoms with Crippen LogP contribution >= 0.6 is 0 Å². The molecule has 0 radical (unpaired) electrons. The predicted octanol–water partition coefficient (Wildman–Crippen LogP) is 1.27. The molecule has 86 valence electrons. The van der Waals surface area contributed by atoms with Crippen molar-refractivity contribution in [1.82, 2.24) is 19.6 Å². The Morgan fingerprint density at radius 2 is 2.19 bits per heavy atom. The Kier molecular flexibility index (Phi) is 2.87. The zero-order valence-electron chi connectivity index (χ0n) is 9.88. The summed E-state index contributed by atoms with van der Waals surface area (Å²) in [5.41, 5.74) is 7.79. The van der Waals surface area contributed by atoms with E-state index in [2.05, 4.69) is 29.0 Å². The van der Waals surface area contributed by atoms with Crippen LogP contribution in [0.5, 0.6) is 0 Å². The minimum atomic E-state index is 0.107. The van der Waals surface area contributed by atoms with Crippen molar-refractivity contribution in [2.75, 3.05) is 0 Å². The van der Waals surface area contributed by atoms with Crippen LogP contribution in [-0.4, -0.2) is 25.6 Å². The van der Waals surface area contributed by atoms with Gasteiger partial charge in [0, 0.05) is 24.4 Å². The first-order chi connectivity index (χ1) is 7.65. The van der Waals surface area contributed by atoms with Crippen molar-refractivity contribution < 1.29 is 0 Å². The molecule has 2 atom stereocenters. The number of nitrogens with two attached hydrogens (primary N) is 1. The summed E-state index contributed by atoms with van der Waals surface area (Å²) in [5, 5.41) is 8.21. The van der Waals surface area contributed by atoms with E-state index in [1.807, 2.05) is 17.5 Å². The molecule has 0 aliphatic rings. The van der Waals surface area contributed by atoms with Crippen LogP contribution in [-0.2, 0) is 0 Å². The zero-order chi connectivity index (χ0) is 11.7. The van der Waals surface area contributed by atoms with Crippen LogP contribution in [0.3, 0.4) is 0 Å². The highest BCUT2D eigenvalue weighted by Gasteiger charge is 2.19. The van der Waals surface area contributed by atoms with Gasteiger partial charge in [-0.2, -0.15) is 0 Å². The second-order valence-corrected chi connectivity index (χ2v) is 4.11. The molecule has 2 unspecified atom stereocenters. The number of aryl methyl sites for hydroxylation is 1. The third-order valence-electron chi connectivity index (χ3n) is 3.07. The van der Waals surface area contributed by atoms with Crippen LogP contribution in [0.25, 0.3) is 5.65 Å². The maximum absolute atomic E-state index is 6.05. The van der Waals surface area contributed by atoms with E-state index in [1.165, 1.54) is 0 Å². The number of rotatable bonds is 3. The van der Waals surface area contributed by atoms with E-state index in [4.69, 9.17) is 5.73 Å². The fourth-order valence-corrected chi connectivity index (χ4v) is 1.84. The smallest absolute Gasteiger partial charge is 0.182 e. The molecule has 2 N–H and O–H groups in total. The largest absolute Gasteiger partial charge is 0.327 e. The highest BCUT2D eigenvalue weighted by Crippen LogP contribution is 2.21. The Balaban J connectivity index is 2.52. The molecule has 0 fully saturated rings. The van der Waals surface area contributed by atoms with Gasteiger partial charge in [-0.1, -0.05) is 13.8 Å². The molecule has 2 aromatic heterocycles. The highest BCUT2D eigenvalue weighted by molar-refractivity contribution is 5.45. The molecular weight excluding hydrogens is 202 g/mol. The molecule has 0 aromatic carbocycles. The lowest BCUT2D eigenvalue weighted by Gasteiger charge is -2.17. The topological polar surface area (TPSA) is 69.1 Å². The van der Waals surface area contributed by atoms with Crippen LogP contribution < -0.4 is 5.73 Å². The van der Waals surface area contributed by atoms with E-state index in [-0.39, 0.29) is 12.0 Å². The van der Waals surface area contributed by atoms with E-state index < -0.39 is 0 Å². The SMILES string of the molecule is CCC(N)C(C)c1nccn2c(C)nnc12. The fraction of sp³-hybridized carbons (Fsp3) is 0.545. The number of nitrogens with zero attached hydrogens (tertiary/aromatic N) is 4. The lowest BCUT2D eigenvalue weighted by atomic mass is 9.97. The number of fused-ring (bicyclic) bond motifs is 1. The number of aromatic nitrogens is 4. The van der Waals surface area contributed by atoms with Gasteiger partial charge in [0.2, 0.25) is 0 Å². The molecule has 2 heterocycles. The lowest BCUT2D eigenvalue weighted by molar-refractivity contribution is 0.541. The van der Waals surface area contributed by atoms with Gasteiger partial charge in [-0.25, -0.2) is 0 Å². The average Bonchev–Trinajstić information content (AvgIpc) is 2.69. The van der Waals surface area contributed by atoms with Gasteiger partial charge in [0.1, 0.15) is 5.82 Å². The van der Waals surface area contributed by atoms with E-state index >= 15 is 0 Å². The Morgan fingerprint density at radius 3 is 2.88 bits per heavy atom. The minimum Gasteiger partial charge on any atom is -0.327 e. The summed E-state index contributed by atoms with van der Waals surface area (Å²) in [4.78, 5) is 4.39. The second-order valence-electron chi connectivity index (χ2n) is 4.11. The maximum Gasteiger partial charge on any atom is 0.182 e. The van der Waals surface area contributed by atoms with Gasteiger partial charge in [0.05, 0.1) is 5.69 Å². The number of hydrogen-bond acceptors (Lipinski definition) is 4. The summed E-state index contributed by atoms with van der Waals surface area (Å²) in [6.45, 7) is 6.09. The van der Waals surface area contributed by atoms with Crippen LogP contribution in [0.1, 0.15) is 37.7 Å². The summed E-state index contributed by atoms with van der Waals surface area (Å²) < 4.78 is 1.95. The summed E-state index contributed by atoms with van der Waals surface area (Å²) >= 11 is 0. The molecule has 5 heteroatoms. The van der Waals surface area contributed by atoms with Gasteiger partial charge in [0.15, 0.2) is 5.65 Å². The zero-order valence-corrected chi connectivity index (χ0v) is 9.88. The van der Waals surface area contributed by atoms with Gasteiger partial charge < -0.3 is 5.73 Å². The molecule has 0 saturated heterocycles. The van der Waals surface area contributed by atoms with Crippen molar-refractivity contribution in [3.63, 3.8) is 0 Å². The molecule has 0 aliphatic carbocycles. The van der Waals surface area contributed by atoms with Crippen LogP contribution in [0.4, 0.5) is 0 Å². The first-order valence-electron chi connectivity index (χ1n) is 5.57. The third kappa shape index (κ3) is 1.67. The second kappa shape index (κ2) is 4.17. The average molecular weight is 219 g/mol. The molecule has 2 aromatic rings. The summed E-state index contributed by atoms with van der Waals surface area (Å²) in [7, 11) is 0. The van der Waals surface area contributed by atoms with Crippen molar-refractivity contribution >= 4 is 5.65 Å². The lowest BCUT2D eigenvalue weighted by Crippen LogP contribution is -2.26. The molecule has 0 amide bonds. The van der Waals surface area contributed by atoms with Gasteiger partial charge in [-0.05, 0) is 13.3 Å². The third-order valence-corrected chi connectivity index (χ3v) is 3.07. The first kappa shape index (κ1) is 11.0. The Morgan fingerprint density at radius 1 is 1.44 bits per heavy atom. The molecule has 0 aliphatic heterocycles. The molecule has 0 saturated carbocycles.